The molecule has 0 aliphatic heterocycles. The van der Waals surface area contributed by atoms with E-state index >= 15 is 0 Å². The van der Waals surface area contributed by atoms with Crippen LogP contribution in [0.15, 0.2) is 33.3 Å². The Labute approximate surface area is 163 Å². The molecular weight excluding hydrogens is 388 g/mol. The number of hydrogen-bond acceptors (Lipinski definition) is 8. The molecule has 27 heavy (non-hydrogen) atoms. The van der Waals surface area contributed by atoms with Crippen LogP contribution in [-0.4, -0.2) is 37.0 Å². The van der Waals surface area contributed by atoms with E-state index in [1.807, 2.05) is 24.4 Å². The van der Waals surface area contributed by atoms with Gasteiger partial charge >= 0.3 is 0 Å². The summed E-state index contributed by atoms with van der Waals surface area (Å²) in [4.78, 5) is 24.9. The maximum Gasteiger partial charge on any atom is 0.239 e. The number of aromatic nitrogens is 4. The van der Waals surface area contributed by atoms with Crippen LogP contribution in [-0.2, 0) is 16.1 Å². The molecule has 0 bridgehead atoms. The van der Waals surface area contributed by atoms with E-state index < -0.39 is 11.2 Å². The van der Waals surface area contributed by atoms with Crippen LogP contribution in [0.25, 0.3) is 10.7 Å². The van der Waals surface area contributed by atoms with Gasteiger partial charge in [0.25, 0.3) is 0 Å². The smallest absolute Gasteiger partial charge is 0.239 e. The molecule has 3 aromatic rings. The van der Waals surface area contributed by atoms with Crippen molar-refractivity contribution < 1.29 is 14.1 Å². The number of carbonyl (C=O) groups excluding carboxylic acids is 2. The Kier molecular flexibility index (Phi) is 5.91. The number of nitrogens with two attached hydrogens (primary N) is 1. The van der Waals surface area contributed by atoms with Crippen molar-refractivity contribution in [2.75, 3.05) is 5.32 Å². The highest BCUT2D eigenvalue weighted by atomic mass is 32.2. The highest BCUT2D eigenvalue weighted by Crippen LogP contribution is 2.30. The van der Waals surface area contributed by atoms with Crippen LogP contribution < -0.4 is 11.1 Å². The van der Waals surface area contributed by atoms with Gasteiger partial charge in [0, 0.05) is 6.07 Å². The maximum atomic E-state index is 12.6. The minimum absolute atomic E-state index is 0.0664. The van der Waals surface area contributed by atoms with E-state index in [1.165, 1.54) is 23.1 Å². The van der Waals surface area contributed by atoms with E-state index in [1.54, 1.807) is 17.6 Å². The van der Waals surface area contributed by atoms with Crippen LogP contribution in [0.4, 0.5) is 5.82 Å². The molecule has 0 aliphatic rings. The van der Waals surface area contributed by atoms with E-state index in [4.69, 9.17) is 10.3 Å². The summed E-state index contributed by atoms with van der Waals surface area (Å²) in [6, 6.07) is 5.41. The van der Waals surface area contributed by atoms with Crippen molar-refractivity contribution in [3.8, 4) is 10.7 Å². The van der Waals surface area contributed by atoms with Gasteiger partial charge in [0.1, 0.15) is 12.3 Å². The number of hydrogen-bond donors (Lipinski definition) is 2. The van der Waals surface area contributed by atoms with Crippen molar-refractivity contribution in [3.05, 3.63) is 29.3 Å². The fraction of sp³-hybridized carbons (Fsp3) is 0.312. The summed E-state index contributed by atoms with van der Waals surface area (Å²) in [5.74, 6) is 0.767. The van der Waals surface area contributed by atoms with E-state index in [0.29, 0.717) is 29.0 Å². The summed E-state index contributed by atoms with van der Waals surface area (Å²) in [6.45, 7) is 3.57. The van der Waals surface area contributed by atoms with Crippen LogP contribution in [0.1, 0.15) is 19.1 Å². The lowest BCUT2D eigenvalue weighted by atomic mass is 10.3. The van der Waals surface area contributed by atoms with Gasteiger partial charge in [-0.15, -0.1) is 21.5 Å². The zero-order valence-electron chi connectivity index (χ0n) is 14.7. The second-order valence-electron chi connectivity index (χ2n) is 5.66. The lowest BCUT2D eigenvalue weighted by molar-refractivity contribution is -0.118. The molecule has 9 nitrogen and oxygen atoms in total. The Bertz CT molecular complexity index is 934. The highest BCUT2D eigenvalue weighted by Gasteiger charge is 2.24. The number of amides is 2. The Morgan fingerprint density at radius 2 is 2.26 bits per heavy atom. The first-order valence-electron chi connectivity index (χ1n) is 8.14. The molecule has 0 unspecified atom stereocenters. The van der Waals surface area contributed by atoms with E-state index in [2.05, 4.69) is 20.7 Å². The number of anilines is 1. The van der Waals surface area contributed by atoms with Crippen molar-refractivity contribution in [2.45, 2.75) is 37.2 Å². The molecule has 0 aliphatic carbocycles. The standard InChI is InChI=1S/C16H18N6O3S2/c1-3-10(15(24)18-13-7-9(2)25-21-13)27-16-20-19-14(11-5-4-6-26-11)22(16)8-12(17)23/h4-7,10H,3,8H2,1-2H3,(H2,17,23)(H,18,21,24)/t10-/m1/s1. The monoisotopic (exact) mass is 406 g/mol. The number of rotatable bonds is 8. The summed E-state index contributed by atoms with van der Waals surface area (Å²) in [7, 11) is 0. The van der Waals surface area contributed by atoms with Crippen LogP contribution in [0, 0.1) is 6.92 Å². The van der Waals surface area contributed by atoms with Crippen LogP contribution >= 0.6 is 23.1 Å². The number of carbonyl (C=O) groups is 2. The van der Waals surface area contributed by atoms with Gasteiger partial charge in [-0.1, -0.05) is 29.9 Å². The van der Waals surface area contributed by atoms with Gasteiger partial charge in [-0.2, -0.15) is 0 Å². The molecule has 0 saturated heterocycles. The highest BCUT2D eigenvalue weighted by molar-refractivity contribution is 8.00. The molecule has 3 rings (SSSR count). The normalized spacial score (nSPS) is 12.1. The minimum Gasteiger partial charge on any atom is -0.368 e. The second kappa shape index (κ2) is 8.35. The molecule has 3 heterocycles. The maximum absolute atomic E-state index is 12.6. The van der Waals surface area contributed by atoms with Crippen LogP contribution in [0.3, 0.4) is 0 Å². The number of primary amides is 1. The first kappa shape index (κ1) is 19.1. The molecule has 0 aromatic carbocycles. The molecule has 0 spiro atoms. The van der Waals surface area contributed by atoms with Gasteiger partial charge in [-0.25, -0.2) is 0 Å². The molecule has 0 radical (unpaired) electrons. The third-order valence-corrected chi connectivity index (χ3v) is 5.77. The Hall–Kier alpha value is -2.66. The predicted octanol–water partition coefficient (Wildman–Crippen LogP) is 2.30. The summed E-state index contributed by atoms with van der Waals surface area (Å²) in [5, 5.41) is 16.7. The lowest BCUT2D eigenvalue weighted by Crippen LogP contribution is -2.26. The van der Waals surface area contributed by atoms with E-state index in [0.717, 1.165) is 4.88 Å². The molecular formula is C16H18N6O3S2. The van der Waals surface area contributed by atoms with Crippen molar-refractivity contribution >= 4 is 40.7 Å². The van der Waals surface area contributed by atoms with Crippen molar-refractivity contribution in [1.82, 2.24) is 19.9 Å². The van der Waals surface area contributed by atoms with Crippen LogP contribution in [0.2, 0.25) is 0 Å². The van der Waals surface area contributed by atoms with Gasteiger partial charge in [-0.3, -0.25) is 14.2 Å². The van der Waals surface area contributed by atoms with Gasteiger partial charge in [0.05, 0.1) is 10.1 Å². The third kappa shape index (κ3) is 4.55. The first-order valence-corrected chi connectivity index (χ1v) is 9.90. The van der Waals surface area contributed by atoms with Gasteiger partial charge in [0.15, 0.2) is 16.8 Å². The first-order chi connectivity index (χ1) is 13.0. The lowest BCUT2D eigenvalue weighted by Gasteiger charge is -2.14. The molecule has 3 N–H and O–H groups in total. The number of thioether (sulfide) groups is 1. The summed E-state index contributed by atoms with van der Waals surface area (Å²) in [5.41, 5.74) is 5.38. The van der Waals surface area contributed by atoms with E-state index in [-0.39, 0.29) is 12.5 Å². The molecule has 3 aromatic heterocycles. The largest absolute Gasteiger partial charge is 0.368 e. The number of aryl methyl sites for hydroxylation is 1. The SMILES string of the molecule is CC[C@@H](Sc1nnc(-c2cccs2)n1CC(N)=O)C(=O)Nc1cc(C)on1. The topological polar surface area (TPSA) is 129 Å². The zero-order chi connectivity index (χ0) is 19.4. The fourth-order valence-corrected chi connectivity index (χ4v) is 4.01. The molecule has 0 saturated carbocycles. The molecule has 11 heteroatoms. The van der Waals surface area contributed by atoms with Crippen molar-refractivity contribution in [3.63, 3.8) is 0 Å². The average Bonchev–Trinajstić information content (AvgIpc) is 3.34. The molecule has 142 valence electrons. The Balaban J connectivity index is 1.82. The van der Waals surface area contributed by atoms with Crippen LogP contribution in [0.5, 0.6) is 0 Å². The minimum atomic E-state index is -0.509. The number of thiophene rings is 1. The summed E-state index contributed by atoms with van der Waals surface area (Å²) in [6.07, 6.45) is 0.547. The average molecular weight is 406 g/mol. The van der Waals surface area contributed by atoms with E-state index in [9.17, 15) is 9.59 Å². The van der Waals surface area contributed by atoms with Gasteiger partial charge < -0.3 is 15.6 Å². The predicted molar refractivity (Wildman–Crippen MR) is 102 cm³/mol. The van der Waals surface area contributed by atoms with Crippen molar-refractivity contribution in [1.29, 1.82) is 0 Å². The summed E-state index contributed by atoms with van der Waals surface area (Å²) < 4.78 is 6.59. The Morgan fingerprint density at radius 1 is 1.44 bits per heavy atom. The fourth-order valence-electron chi connectivity index (χ4n) is 2.34. The third-order valence-electron chi connectivity index (χ3n) is 3.56. The van der Waals surface area contributed by atoms with Crippen molar-refractivity contribution in [2.24, 2.45) is 5.73 Å². The van der Waals surface area contributed by atoms with Gasteiger partial charge in [-0.05, 0) is 24.8 Å². The van der Waals surface area contributed by atoms with Gasteiger partial charge in [0.2, 0.25) is 11.8 Å². The molecule has 1 atom stereocenters. The Morgan fingerprint density at radius 3 is 2.85 bits per heavy atom. The quantitative estimate of drug-likeness (QED) is 0.549. The number of nitrogens with zero attached hydrogens (tertiary/aromatic N) is 4. The number of nitrogens with one attached hydrogen (secondary N) is 1. The molecule has 2 amide bonds. The second-order valence-corrected chi connectivity index (χ2v) is 7.78. The molecule has 0 fully saturated rings. The zero-order valence-corrected chi connectivity index (χ0v) is 16.3. The summed E-state index contributed by atoms with van der Waals surface area (Å²) >= 11 is 2.71.